The monoisotopic (exact) mass is 514 g/mol. The number of anilines is 1. The van der Waals surface area contributed by atoms with Gasteiger partial charge < -0.3 is 19.3 Å². The number of rotatable bonds is 6. The third kappa shape index (κ3) is 5.20. The molecule has 2 aliphatic rings. The smallest absolute Gasteiger partial charge is 0.253 e. The molecule has 2 heterocycles. The molecule has 1 aliphatic carbocycles. The quantitative estimate of drug-likeness (QED) is 0.430. The topological polar surface area (TPSA) is 67.8 Å². The van der Waals surface area contributed by atoms with Gasteiger partial charge in [-0.2, -0.15) is 0 Å². The van der Waals surface area contributed by atoms with Gasteiger partial charge in [-0.25, -0.2) is 18.2 Å². The molecule has 0 bridgehead atoms. The van der Waals surface area contributed by atoms with Gasteiger partial charge in [-0.15, -0.1) is 0 Å². The lowest BCUT2D eigenvalue weighted by atomic mass is 10.0. The third-order valence-corrected chi connectivity index (χ3v) is 7.15. The van der Waals surface area contributed by atoms with Crippen LogP contribution in [-0.2, 0) is 4.74 Å². The van der Waals surface area contributed by atoms with E-state index < -0.39 is 23.6 Å². The summed E-state index contributed by atoms with van der Waals surface area (Å²) in [4.78, 5) is 26.7. The summed E-state index contributed by atoms with van der Waals surface area (Å²) in [5, 5.41) is 0. The Morgan fingerprint density at radius 2 is 1.78 bits per heavy atom. The number of aromatic nitrogens is 2. The molecule has 1 atom stereocenters. The van der Waals surface area contributed by atoms with E-state index in [0.717, 1.165) is 37.8 Å². The molecule has 37 heavy (non-hydrogen) atoms. The number of carbonyl (C=O) groups excluding carboxylic acids is 1. The number of fused-ring (bicyclic) bond motifs is 1. The Labute approximate surface area is 213 Å². The molecule has 2 fully saturated rings. The predicted octanol–water partition coefficient (Wildman–Crippen LogP) is 5.04. The van der Waals surface area contributed by atoms with E-state index in [0.29, 0.717) is 54.3 Å². The number of hydrogen-bond donors (Lipinski definition) is 0. The summed E-state index contributed by atoms with van der Waals surface area (Å²) in [5.41, 5.74) is 1.98. The summed E-state index contributed by atoms with van der Waals surface area (Å²) < 4.78 is 52.4. The summed E-state index contributed by atoms with van der Waals surface area (Å²) in [7, 11) is 1.80. The first-order valence-corrected chi connectivity index (χ1v) is 12.5. The maximum Gasteiger partial charge on any atom is 0.253 e. The molecule has 1 amide bonds. The van der Waals surface area contributed by atoms with E-state index in [9.17, 15) is 18.0 Å². The highest BCUT2D eigenvalue weighted by molar-refractivity contribution is 5.98. The van der Waals surface area contributed by atoms with Crippen molar-refractivity contribution in [3.8, 4) is 5.75 Å². The average Bonchev–Trinajstić information content (AvgIpc) is 3.45. The van der Waals surface area contributed by atoms with Crippen molar-refractivity contribution in [1.29, 1.82) is 0 Å². The predicted molar refractivity (Wildman–Crippen MR) is 132 cm³/mol. The molecule has 0 radical (unpaired) electrons. The van der Waals surface area contributed by atoms with Crippen LogP contribution >= 0.6 is 0 Å². The Morgan fingerprint density at radius 1 is 1.11 bits per heavy atom. The molecule has 7 nitrogen and oxygen atoms in total. The lowest BCUT2D eigenvalue weighted by molar-refractivity contribution is 0.0735. The van der Waals surface area contributed by atoms with Gasteiger partial charge in [0.05, 0.1) is 30.4 Å². The van der Waals surface area contributed by atoms with E-state index in [1.165, 1.54) is 0 Å². The van der Waals surface area contributed by atoms with Crippen LogP contribution in [0.5, 0.6) is 5.75 Å². The summed E-state index contributed by atoms with van der Waals surface area (Å²) in [6.07, 6.45) is 5.01. The molecular formula is C27H29F3N4O3. The van der Waals surface area contributed by atoms with Crippen LogP contribution in [0.1, 0.15) is 54.6 Å². The highest BCUT2D eigenvalue weighted by Gasteiger charge is 2.27. The van der Waals surface area contributed by atoms with Crippen molar-refractivity contribution >= 4 is 22.8 Å². The van der Waals surface area contributed by atoms with Gasteiger partial charge in [0.25, 0.3) is 5.91 Å². The van der Waals surface area contributed by atoms with E-state index in [1.807, 2.05) is 0 Å². The third-order valence-electron chi connectivity index (χ3n) is 7.15. The van der Waals surface area contributed by atoms with E-state index in [2.05, 4.69) is 9.88 Å². The molecule has 2 aromatic carbocycles. The second kappa shape index (κ2) is 10.5. The maximum atomic E-state index is 13.8. The standard InChI is InChI=1S/C27H29F3N4O3/c1-16(37-19-13-21(28)25(30)22(29)14-19)20-11-17(27(35)33(2)18-5-3-4-6-18)12-23-26(20)32-24(15-31-23)34-7-9-36-10-8-34/h11-16,18H,3-10H2,1-2H3. The lowest BCUT2D eigenvalue weighted by Gasteiger charge is -2.28. The van der Waals surface area contributed by atoms with Crippen molar-refractivity contribution in [2.45, 2.75) is 44.8 Å². The van der Waals surface area contributed by atoms with Gasteiger partial charge in [0.2, 0.25) is 0 Å². The van der Waals surface area contributed by atoms with Crippen LogP contribution in [0.25, 0.3) is 11.0 Å². The van der Waals surface area contributed by atoms with Crippen LogP contribution < -0.4 is 9.64 Å². The number of amides is 1. The Kier molecular flexibility index (Phi) is 7.19. The molecule has 1 aliphatic heterocycles. The summed E-state index contributed by atoms with van der Waals surface area (Å²) in [6.45, 7) is 4.17. The van der Waals surface area contributed by atoms with E-state index in [1.54, 1.807) is 37.2 Å². The minimum absolute atomic E-state index is 0.139. The van der Waals surface area contributed by atoms with E-state index >= 15 is 0 Å². The number of hydrogen-bond acceptors (Lipinski definition) is 6. The Hall–Kier alpha value is -3.40. The number of nitrogens with zero attached hydrogens (tertiary/aromatic N) is 4. The van der Waals surface area contributed by atoms with E-state index in [-0.39, 0.29) is 17.7 Å². The van der Waals surface area contributed by atoms with Gasteiger partial charge in [0.1, 0.15) is 17.7 Å². The van der Waals surface area contributed by atoms with Crippen LogP contribution in [-0.4, -0.2) is 60.2 Å². The minimum atomic E-state index is -1.56. The average molecular weight is 515 g/mol. The highest BCUT2D eigenvalue weighted by atomic mass is 19.2. The molecule has 196 valence electrons. The summed E-state index contributed by atoms with van der Waals surface area (Å²) >= 11 is 0. The van der Waals surface area contributed by atoms with Crippen molar-refractivity contribution in [2.75, 3.05) is 38.3 Å². The molecule has 1 aromatic heterocycles. The van der Waals surface area contributed by atoms with Crippen molar-refractivity contribution in [1.82, 2.24) is 14.9 Å². The Bertz CT molecular complexity index is 1290. The zero-order valence-electron chi connectivity index (χ0n) is 20.8. The Balaban J connectivity index is 1.55. The van der Waals surface area contributed by atoms with Crippen molar-refractivity contribution in [3.63, 3.8) is 0 Å². The fraction of sp³-hybridized carbons (Fsp3) is 0.444. The second-order valence-electron chi connectivity index (χ2n) is 9.58. The fourth-order valence-corrected chi connectivity index (χ4v) is 5.04. The summed E-state index contributed by atoms with van der Waals surface area (Å²) in [5.74, 6) is -3.90. The lowest BCUT2D eigenvalue weighted by Crippen LogP contribution is -2.37. The number of benzene rings is 2. The number of morpholine rings is 1. The van der Waals surface area contributed by atoms with Gasteiger partial charge in [-0.05, 0) is 31.9 Å². The van der Waals surface area contributed by atoms with Crippen molar-refractivity contribution in [2.24, 2.45) is 0 Å². The zero-order chi connectivity index (χ0) is 26.1. The molecule has 10 heteroatoms. The molecule has 0 spiro atoms. The normalized spacial score (nSPS) is 17.3. The zero-order valence-corrected chi connectivity index (χ0v) is 20.8. The molecule has 5 rings (SSSR count). The first kappa shape index (κ1) is 25.3. The van der Waals surface area contributed by atoms with Gasteiger partial charge in [-0.1, -0.05) is 12.8 Å². The molecule has 1 saturated carbocycles. The van der Waals surface area contributed by atoms with Crippen LogP contribution in [0.2, 0.25) is 0 Å². The van der Waals surface area contributed by atoms with Gasteiger partial charge in [0, 0.05) is 49.4 Å². The highest BCUT2D eigenvalue weighted by Crippen LogP contribution is 2.32. The maximum absolute atomic E-state index is 13.8. The first-order valence-electron chi connectivity index (χ1n) is 12.5. The SMILES string of the molecule is CC(Oc1cc(F)c(F)c(F)c1)c1cc(C(=O)N(C)C2CCCC2)cc2ncc(N3CCOCC3)nc12. The van der Waals surface area contributed by atoms with Gasteiger partial charge in [-0.3, -0.25) is 9.78 Å². The minimum Gasteiger partial charge on any atom is -0.486 e. The first-order chi connectivity index (χ1) is 17.8. The van der Waals surface area contributed by atoms with Gasteiger partial charge in [0.15, 0.2) is 17.5 Å². The molecule has 0 N–H and O–H groups in total. The van der Waals surface area contributed by atoms with Crippen molar-refractivity contribution in [3.05, 3.63) is 59.0 Å². The van der Waals surface area contributed by atoms with Crippen LogP contribution in [0.4, 0.5) is 19.0 Å². The summed E-state index contributed by atoms with van der Waals surface area (Å²) in [6, 6.07) is 5.19. The van der Waals surface area contributed by atoms with Crippen LogP contribution in [0.3, 0.4) is 0 Å². The number of ether oxygens (including phenoxy) is 2. The van der Waals surface area contributed by atoms with Crippen LogP contribution in [0.15, 0.2) is 30.5 Å². The molecule has 1 saturated heterocycles. The fourth-order valence-electron chi connectivity index (χ4n) is 5.04. The number of halogens is 3. The largest absolute Gasteiger partial charge is 0.486 e. The molecule has 3 aromatic rings. The second-order valence-corrected chi connectivity index (χ2v) is 9.58. The van der Waals surface area contributed by atoms with Crippen molar-refractivity contribution < 1.29 is 27.4 Å². The molecular weight excluding hydrogens is 485 g/mol. The van der Waals surface area contributed by atoms with Gasteiger partial charge >= 0.3 is 0 Å². The number of carbonyl (C=O) groups is 1. The van der Waals surface area contributed by atoms with E-state index in [4.69, 9.17) is 14.5 Å². The van der Waals surface area contributed by atoms with Crippen LogP contribution in [0, 0.1) is 17.5 Å². The molecule has 1 unspecified atom stereocenters. The Morgan fingerprint density at radius 3 is 2.46 bits per heavy atom.